The number of phenols is 1. The molecule has 2 heterocycles. The Morgan fingerprint density at radius 3 is 1.84 bits per heavy atom. The van der Waals surface area contributed by atoms with Gasteiger partial charge in [0.2, 0.25) is 0 Å². The number of benzene rings is 7. The zero-order chi connectivity index (χ0) is 48.3. The van der Waals surface area contributed by atoms with Crippen molar-refractivity contribution in [3.63, 3.8) is 0 Å². The molecule has 0 saturated carbocycles. The van der Waals surface area contributed by atoms with Crippen LogP contribution in [-0.4, -0.2) is 19.6 Å². The molecule has 0 fully saturated rings. The predicted molar refractivity (Wildman–Crippen MR) is 269 cm³/mol. The molecule has 4 heteroatoms. The van der Waals surface area contributed by atoms with E-state index in [2.05, 4.69) is 108 Å². The second kappa shape index (κ2) is 16.6. The molecular weight excluding hydrogens is 779 g/mol. The average molecular weight is 840 g/mol. The summed E-state index contributed by atoms with van der Waals surface area (Å²) in [5.74, 6) is -0.249. The number of phenolic OH excluding ortho intramolecular Hbond substituents is 1. The largest absolute Gasteiger partial charge is 0.507 e. The van der Waals surface area contributed by atoms with E-state index in [0.29, 0.717) is 28.1 Å². The Bertz CT molecular complexity index is 3300. The second-order valence-electron chi connectivity index (χ2n) is 19.2. The SMILES string of the molecule is [2H]C([2H])([2H])c1cc(-c2cc(C(C)(C)C)cc(C(C)(C)C)c2)ccc1-n1c(-c2ccccc2O)nc2c(-c3cc(-c4ccccc4)cc(-c4cc(-c5ccc(C([2H])(C)C)cc5)ccn4)c3)cccc21. The number of pyridine rings is 1. The standard InChI is InChI=1S/C60H57N3O/c1-38(2)40-22-24-42(25-23-40)44-28-29-61-53(36-44)48-32-45(41-16-11-10-12-17-41)31-47(33-48)51-19-15-20-55-57(51)62-58(52-18-13-14-21-56(52)64)63(55)54-27-26-43(30-39(54)3)46-34-49(59(4,5)6)37-50(35-46)60(7,8)9/h10-38,64H,1-9H3/i3D3,38D. The summed E-state index contributed by atoms with van der Waals surface area (Å²) >= 11 is 0. The highest BCUT2D eigenvalue weighted by Crippen LogP contribution is 2.42. The Balaban J connectivity index is 1.26. The Kier molecular flexibility index (Phi) is 9.72. The van der Waals surface area contributed by atoms with E-state index in [1.807, 2.05) is 110 Å². The number of aryl methyl sites for hydroxylation is 1. The van der Waals surface area contributed by atoms with Gasteiger partial charge in [-0.15, -0.1) is 0 Å². The minimum absolute atomic E-state index is 0.0312. The van der Waals surface area contributed by atoms with Crippen molar-refractivity contribution in [3.05, 3.63) is 192 Å². The number of para-hydroxylation sites is 2. The minimum Gasteiger partial charge on any atom is -0.507 e. The first-order valence-electron chi connectivity index (χ1n) is 24.0. The van der Waals surface area contributed by atoms with Gasteiger partial charge in [0.1, 0.15) is 11.6 Å². The Labute approximate surface area is 384 Å². The maximum absolute atomic E-state index is 11.5. The van der Waals surface area contributed by atoms with Crippen LogP contribution in [0.4, 0.5) is 0 Å². The summed E-state index contributed by atoms with van der Waals surface area (Å²) < 4.78 is 37.4. The van der Waals surface area contributed by atoms with Crippen molar-refractivity contribution in [2.75, 3.05) is 0 Å². The van der Waals surface area contributed by atoms with Gasteiger partial charge in [0.15, 0.2) is 0 Å². The maximum atomic E-state index is 11.5. The number of aromatic nitrogens is 3. The highest BCUT2D eigenvalue weighted by molar-refractivity contribution is 5.98. The van der Waals surface area contributed by atoms with Crippen molar-refractivity contribution < 1.29 is 10.6 Å². The van der Waals surface area contributed by atoms with Gasteiger partial charge in [0.05, 0.1) is 28.0 Å². The molecule has 0 atom stereocenters. The van der Waals surface area contributed by atoms with Crippen molar-refractivity contribution in [1.29, 1.82) is 0 Å². The zero-order valence-electron chi connectivity index (χ0n) is 42.0. The van der Waals surface area contributed by atoms with E-state index in [4.69, 9.17) is 15.5 Å². The summed E-state index contributed by atoms with van der Waals surface area (Å²) in [5.41, 5.74) is 14.8. The molecule has 2 aromatic heterocycles. The van der Waals surface area contributed by atoms with Gasteiger partial charge in [-0.3, -0.25) is 9.55 Å². The van der Waals surface area contributed by atoms with Crippen LogP contribution in [0.1, 0.15) is 89.0 Å². The van der Waals surface area contributed by atoms with E-state index in [1.54, 1.807) is 12.1 Å². The summed E-state index contributed by atoms with van der Waals surface area (Å²) in [7, 11) is 0. The van der Waals surface area contributed by atoms with Gasteiger partial charge in [-0.1, -0.05) is 159 Å². The van der Waals surface area contributed by atoms with Gasteiger partial charge < -0.3 is 5.11 Å². The first kappa shape index (κ1) is 37.5. The third-order valence-electron chi connectivity index (χ3n) is 12.3. The molecule has 4 nitrogen and oxygen atoms in total. The summed E-state index contributed by atoms with van der Waals surface area (Å²) in [6.07, 6.45) is 1.83. The fourth-order valence-corrected chi connectivity index (χ4v) is 8.48. The number of aromatic hydroxyl groups is 1. The highest BCUT2D eigenvalue weighted by atomic mass is 16.3. The van der Waals surface area contributed by atoms with E-state index < -0.39 is 12.7 Å². The van der Waals surface area contributed by atoms with Crippen LogP contribution < -0.4 is 0 Å². The average Bonchev–Trinajstić information content (AvgIpc) is 3.70. The number of imidazole rings is 1. The van der Waals surface area contributed by atoms with Crippen LogP contribution in [0.15, 0.2) is 170 Å². The molecule has 9 aromatic rings. The molecule has 1 N–H and O–H groups in total. The molecule has 0 aliphatic heterocycles. The van der Waals surface area contributed by atoms with Crippen LogP contribution in [0.5, 0.6) is 5.75 Å². The van der Waals surface area contributed by atoms with Crippen LogP contribution in [0.3, 0.4) is 0 Å². The van der Waals surface area contributed by atoms with Crippen LogP contribution in [0.2, 0.25) is 0 Å². The molecule has 0 saturated heterocycles. The zero-order valence-corrected chi connectivity index (χ0v) is 38.0. The maximum Gasteiger partial charge on any atom is 0.149 e. The smallest absolute Gasteiger partial charge is 0.149 e. The molecule has 7 aromatic carbocycles. The summed E-state index contributed by atoms with van der Waals surface area (Å²) in [6, 6.07) is 54.4. The molecule has 0 spiro atoms. The lowest BCUT2D eigenvalue weighted by Gasteiger charge is -2.26. The number of hydrogen-bond acceptors (Lipinski definition) is 3. The van der Waals surface area contributed by atoms with Crippen molar-refractivity contribution in [2.24, 2.45) is 0 Å². The van der Waals surface area contributed by atoms with E-state index in [9.17, 15) is 5.11 Å². The monoisotopic (exact) mass is 839 g/mol. The van der Waals surface area contributed by atoms with Crippen LogP contribution in [0, 0.1) is 6.85 Å². The molecular formula is C60H57N3O. The Morgan fingerprint density at radius 1 is 0.547 bits per heavy atom. The summed E-state index contributed by atoms with van der Waals surface area (Å²) in [5, 5.41) is 11.5. The van der Waals surface area contributed by atoms with E-state index in [-0.39, 0.29) is 22.1 Å². The molecule has 0 aliphatic carbocycles. The number of nitrogens with zero attached hydrogens (tertiary/aromatic N) is 3. The molecule has 0 unspecified atom stereocenters. The van der Waals surface area contributed by atoms with Crippen molar-refractivity contribution in [1.82, 2.24) is 14.5 Å². The van der Waals surface area contributed by atoms with Gasteiger partial charge in [-0.05, 0) is 145 Å². The second-order valence-corrected chi connectivity index (χ2v) is 19.2. The van der Waals surface area contributed by atoms with E-state index >= 15 is 0 Å². The quantitative estimate of drug-likeness (QED) is 0.166. The summed E-state index contributed by atoms with van der Waals surface area (Å²) in [6.45, 7) is 14.5. The first-order valence-corrected chi connectivity index (χ1v) is 22.0. The van der Waals surface area contributed by atoms with Gasteiger partial charge in [0.25, 0.3) is 0 Å². The fourth-order valence-electron chi connectivity index (χ4n) is 8.48. The van der Waals surface area contributed by atoms with E-state index in [0.717, 1.165) is 61.3 Å². The van der Waals surface area contributed by atoms with Gasteiger partial charge in [-0.25, -0.2) is 4.98 Å². The van der Waals surface area contributed by atoms with Crippen molar-refractivity contribution in [2.45, 2.75) is 79.0 Å². The lowest BCUT2D eigenvalue weighted by Crippen LogP contribution is -2.16. The fraction of sp³-hybridized carbons (Fsp3) is 0.200. The molecule has 318 valence electrons. The van der Waals surface area contributed by atoms with Crippen molar-refractivity contribution >= 4 is 11.0 Å². The molecule has 64 heavy (non-hydrogen) atoms. The first-order chi connectivity index (χ1) is 32.1. The van der Waals surface area contributed by atoms with E-state index in [1.165, 1.54) is 11.1 Å². The van der Waals surface area contributed by atoms with Crippen LogP contribution >= 0.6 is 0 Å². The molecule has 0 bridgehead atoms. The summed E-state index contributed by atoms with van der Waals surface area (Å²) in [4.78, 5) is 10.2. The van der Waals surface area contributed by atoms with Gasteiger partial charge in [0, 0.05) is 22.8 Å². The molecule has 0 amide bonds. The number of hydrogen-bond donors (Lipinski definition) is 1. The normalized spacial score (nSPS) is 13.3. The van der Waals surface area contributed by atoms with Crippen LogP contribution in [0.25, 0.3) is 83.9 Å². The Hall–Kier alpha value is -7.04. The van der Waals surface area contributed by atoms with Crippen LogP contribution in [-0.2, 0) is 10.8 Å². The number of rotatable bonds is 8. The van der Waals surface area contributed by atoms with Gasteiger partial charge in [-0.2, -0.15) is 0 Å². The number of fused-ring (bicyclic) bond motifs is 1. The lowest BCUT2D eigenvalue weighted by atomic mass is 9.79. The third kappa shape index (κ3) is 8.29. The predicted octanol–water partition coefficient (Wildman–Crippen LogP) is 16.2. The van der Waals surface area contributed by atoms with Gasteiger partial charge >= 0.3 is 0 Å². The van der Waals surface area contributed by atoms with Crippen molar-refractivity contribution in [3.8, 4) is 78.6 Å². The topological polar surface area (TPSA) is 50.9 Å². The highest BCUT2D eigenvalue weighted by Gasteiger charge is 2.24. The molecule has 0 radical (unpaired) electrons. The Morgan fingerprint density at radius 2 is 1.16 bits per heavy atom. The lowest BCUT2D eigenvalue weighted by molar-refractivity contribution is 0.477. The third-order valence-corrected chi connectivity index (χ3v) is 12.3. The minimum atomic E-state index is -2.51. The molecule has 0 aliphatic rings. The molecule has 9 rings (SSSR count).